The number of allylic oxidation sites excluding steroid dienone is 2. The Labute approximate surface area is 223 Å². The van der Waals surface area contributed by atoms with Gasteiger partial charge in [0.15, 0.2) is 0 Å². The van der Waals surface area contributed by atoms with Gasteiger partial charge in [-0.3, -0.25) is 24.1 Å². The number of phenolic OH excluding ortho intramolecular Hbond substituents is 1. The lowest BCUT2D eigenvalue weighted by molar-refractivity contribution is -0.140. The third-order valence-electron chi connectivity index (χ3n) is 9.07. The Balaban J connectivity index is 1.52. The standard InChI is InChI=1S/C29H26ClFN2O5/c1-3-32-25(35)18-10-9-17-19(23(18)27(32)37)13-20-26(36)33(15-6-11-22(31)21(30)12-15)28(38)29(20,2)24(17)14-4-7-16(34)8-5-14/h4-9,11-12,18-20,23-24,34H,3,10,13H2,1-2H3. The highest BCUT2D eigenvalue weighted by molar-refractivity contribution is 6.31. The molecule has 0 spiro atoms. The van der Waals surface area contributed by atoms with Crippen LogP contribution in [0.4, 0.5) is 10.1 Å². The first-order chi connectivity index (χ1) is 18.1. The molecule has 6 rings (SSSR count). The van der Waals surface area contributed by atoms with Gasteiger partial charge in [-0.2, -0.15) is 0 Å². The van der Waals surface area contributed by atoms with Crippen molar-refractivity contribution in [2.24, 2.45) is 29.1 Å². The summed E-state index contributed by atoms with van der Waals surface area (Å²) in [6.07, 6.45) is 2.60. The number of phenols is 1. The first-order valence-electron chi connectivity index (χ1n) is 12.8. The molecule has 1 N–H and O–H groups in total. The number of hydrogen-bond donors (Lipinski definition) is 1. The lowest BCUT2D eigenvalue weighted by Crippen LogP contribution is -2.48. The van der Waals surface area contributed by atoms with Crippen LogP contribution >= 0.6 is 11.6 Å². The molecular formula is C29H26ClFN2O5. The minimum Gasteiger partial charge on any atom is -0.508 e. The van der Waals surface area contributed by atoms with Gasteiger partial charge < -0.3 is 5.11 Å². The number of fused-ring (bicyclic) bond motifs is 4. The molecule has 7 nitrogen and oxygen atoms in total. The summed E-state index contributed by atoms with van der Waals surface area (Å²) in [7, 11) is 0. The van der Waals surface area contributed by atoms with Crippen molar-refractivity contribution in [2.45, 2.75) is 32.6 Å². The average Bonchev–Trinajstić information content (AvgIpc) is 3.26. The Morgan fingerprint density at radius 1 is 1.03 bits per heavy atom. The van der Waals surface area contributed by atoms with Crippen LogP contribution in [0, 0.1) is 34.9 Å². The largest absolute Gasteiger partial charge is 0.508 e. The van der Waals surface area contributed by atoms with Crippen LogP contribution in [0.15, 0.2) is 54.1 Å². The lowest BCUT2D eigenvalue weighted by Gasteiger charge is -2.49. The molecule has 2 heterocycles. The first-order valence-corrected chi connectivity index (χ1v) is 13.1. The summed E-state index contributed by atoms with van der Waals surface area (Å²) in [6.45, 7) is 3.82. The molecule has 2 aliphatic heterocycles. The summed E-state index contributed by atoms with van der Waals surface area (Å²) in [5.74, 6) is -4.71. The van der Waals surface area contributed by atoms with E-state index in [1.54, 1.807) is 26.0 Å². The van der Waals surface area contributed by atoms with Gasteiger partial charge in [-0.25, -0.2) is 9.29 Å². The van der Waals surface area contributed by atoms with Crippen LogP contribution in [-0.2, 0) is 19.2 Å². The van der Waals surface area contributed by atoms with E-state index < -0.39 is 52.6 Å². The van der Waals surface area contributed by atoms with Crippen molar-refractivity contribution in [3.8, 4) is 5.75 Å². The SMILES string of the molecule is CCN1C(=O)C2CC=C3C(CC4C(=O)N(c5ccc(F)c(Cl)c5)C(=O)C4(C)C3c3ccc(O)cc3)C2C1=O. The minimum atomic E-state index is -1.21. The highest BCUT2D eigenvalue weighted by atomic mass is 35.5. The molecule has 0 bridgehead atoms. The van der Waals surface area contributed by atoms with Gasteiger partial charge in [0.25, 0.3) is 0 Å². The highest BCUT2D eigenvalue weighted by Gasteiger charge is 2.67. The Kier molecular flexibility index (Phi) is 5.54. The van der Waals surface area contributed by atoms with E-state index in [1.165, 1.54) is 29.2 Å². The van der Waals surface area contributed by atoms with Crippen LogP contribution in [0.5, 0.6) is 5.75 Å². The number of imide groups is 2. The van der Waals surface area contributed by atoms with Gasteiger partial charge >= 0.3 is 0 Å². The van der Waals surface area contributed by atoms with Crippen molar-refractivity contribution in [1.29, 1.82) is 0 Å². The van der Waals surface area contributed by atoms with Crippen molar-refractivity contribution >= 4 is 40.9 Å². The molecule has 0 radical (unpaired) electrons. The van der Waals surface area contributed by atoms with Crippen LogP contribution < -0.4 is 4.90 Å². The number of amides is 4. The molecule has 1 saturated carbocycles. The maximum atomic E-state index is 14.2. The maximum Gasteiger partial charge on any atom is 0.241 e. The van der Waals surface area contributed by atoms with Crippen molar-refractivity contribution in [3.63, 3.8) is 0 Å². The Hall–Kier alpha value is -3.52. The van der Waals surface area contributed by atoms with Gasteiger partial charge in [0.2, 0.25) is 23.6 Å². The van der Waals surface area contributed by atoms with Crippen molar-refractivity contribution in [2.75, 3.05) is 11.4 Å². The van der Waals surface area contributed by atoms with Crippen molar-refractivity contribution in [3.05, 3.63) is 70.5 Å². The molecule has 38 heavy (non-hydrogen) atoms. The van der Waals surface area contributed by atoms with Crippen LogP contribution in [0.25, 0.3) is 0 Å². The smallest absolute Gasteiger partial charge is 0.241 e. The van der Waals surface area contributed by atoms with Crippen LogP contribution in [0.1, 0.15) is 38.2 Å². The predicted octanol–water partition coefficient (Wildman–Crippen LogP) is 4.44. The van der Waals surface area contributed by atoms with E-state index in [-0.39, 0.29) is 41.2 Å². The van der Waals surface area contributed by atoms with Crippen molar-refractivity contribution < 1.29 is 28.7 Å². The number of anilines is 1. The van der Waals surface area contributed by atoms with E-state index in [0.717, 1.165) is 22.1 Å². The molecule has 3 fully saturated rings. The minimum absolute atomic E-state index is 0.0621. The number of benzene rings is 2. The second-order valence-corrected chi connectivity index (χ2v) is 11.2. The lowest BCUT2D eigenvalue weighted by atomic mass is 9.51. The fourth-order valence-electron chi connectivity index (χ4n) is 7.31. The Morgan fingerprint density at radius 3 is 2.39 bits per heavy atom. The monoisotopic (exact) mass is 536 g/mol. The number of likely N-dealkylation sites (tertiary alicyclic amines) is 1. The van der Waals surface area contributed by atoms with Gasteiger partial charge in [0.05, 0.1) is 33.9 Å². The van der Waals surface area contributed by atoms with Crippen molar-refractivity contribution in [1.82, 2.24) is 4.90 Å². The first kappa shape index (κ1) is 24.8. The second-order valence-electron chi connectivity index (χ2n) is 10.8. The zero-order valence-corrected chi connectivity index (χ0v) is 21.6. The molecule has 2 aromatic carbocycles. The van der Waals surface area contributed by atoms with Crippen LogP contribution in [0.3, 0.4) is 0 Å². The molecule has 2 aliphatic carbocycles. The number of carbonyl (C=O) groups is 4. The summed E-state index contributed by atoms with van der Waals surface area (Å²) in [4.78, 5) is 57.0. The number of hydrogen-bond acceptors (Lipinski definition) is 5. The summed E-state index contributed by atoms with van der Waals surface area (Å²) in [5, 5.41) is 9.74. The van der Waals surface area contributed by atoms with E-state index in [1.807, 2.05) is 6.08 Å². The Bertz CT molecular complexity index is 1440. The third-order valence-corrected chi connectivity index (χ3v) is 9.36. The molecule has 196 valence electrons. The fourth-order valence-corrected chi connectivity index (χ4v) is 7.48. The second kappa shape index (κ2) is 8.50. The average molecular weight is 537 g/mol. The molecule has 4 aliphatic rings. The van der Waals surface area contributed by atoms with E-state index in [9.17, 15) is 28.7 Å². The number of rotatable bonds is 3. The van der Waals surface area contributed by atoms with Gasteiger partial charge in [0, 0.05) is 12.5 Å². The molecule has 4 amide bonds. The molecule has 6 unspecified atom stereocenters. The quantitative estimate of drug-likeness (QED) is 0.462. The van der Waals surface area contributed by atoms with E-state index in [0.29, 0.717) is 6.42 Å². The number of nitrogens with zero attached hydrogens (tertiary/aromatic N) is 2. The van der Waals surface area contributed by atoms with E-state index in [2.05, 4.69) is 0 Å². The molecule has 2 saturated heterocycles. The normalized spacial score (nSPS) is 32.3. The van der Waals surface area contributed by atoms with Crippen LogP contribution in [-0.4, -0.2) is 40.2 Å². The molecule has 6 atom stereocenters. The third kappa shape index (κ3) is 3.19. The highest BCUT2D eigenvalue weighted by Crippen LogP contribution is 2.63. The number of aromatic hydroxyl groups is 1. The number of halogens is 2. The topological polar surface area (TPSA) is 95.0 Å². The fraction of sp³-hybridized carbons (Fsp3) is 0.379. The molecule has 0 aromatic heterocycles. The van der Waals surface area contributed by atoms with Gasteiger partial charge in [-0.15, -0.1) is 0 Å². The van der Waals surface area contributed by atoms with Crippen LogP contribution in [0.2, 0.25) is 5.02 Å². The van der Waals surface area contributed by atoms with E-state index >= 15 is 0 Å². The van der Waals surface area contributed by atoms with E-state index in [4.69, 9.17) is 11.6 Å². The predicted molar refractivity (Wildman–Crippen MR) is 137 cm³/mol. The summed E-state index contributed by atoms with van der Waals surface area (Å²) in [6, 6.07) is 10.3. The summed E-state index contributed by atoms with van der Waals surface area (Å²) in [5.41, 5.74) is 0.578. The zero-order valence-electron chi connectivity index (χ0n) is 20.9. The Morgan fingerprint density at radius 2 is 1.74 bits per heavy atom. The molecule has 2 aromatic rings. The molecular weight excluding hydrogens is 511 g/mol. The summed E-state index contributed by atoms with van der Waals surface area (Å²) >= 11 is 6.00. The molecule has 9 heteroatoms. The summed E-state index contributed by atoms with van der Waals surface area (Å²) < 4.78 is 13.9. The number of carbonyl (C=O) groups excluding carboxylic acids is 4. The van der Waals surface area contributed by atoms with Gasteiger partial charge in [-0.1, -0.05) is 35.4 Å². The zero-order chi connectivity index (χ0) is 27.1. The van der Waals surface area contributed by atoms with Gasteiger partial charge in [0.1, 0.15) is 11.6 Å². The maximum absolute atomic E-state index is 14.2. The van der Waals surface area contributed by atoms with Gasteiger partial charge in [-0.05, 0) is 68.5 Å².